The maximum atomic E-state index is 13.5. The number of Topliss-reactive ketones (excluding diaryl/α,β-unsaturated/α-hetero) is 3. The summed E-state index contributed by atoms with van der Waals surface area (Å²) in [4.78, 5) is 66.1. The van der Waals surface area contributed by atoms with Gasteiger partial charge in [-0.3, -0.25) is 19.2 Å². The van der Waals surface area contributed by atoms with Gasteiger partial charge in [-0.15, -0.1) is 0 Å². The van der Waals surface area contributed by atoms with Crippen LogP contribution in [0.1, 0.15) is 138 Å². The van der Waals surface area contributed by atoms with E-state index in [4.69, 9.17) is 18.9 Å². The minimum atomic E-state index is -2.36. The average Bonchev–Trinajstić information content (AvgIpc) is 3.27. The third-order valence-electron chi connectivity index (χ3n) is 13.9. The second-order valence-electron chi connectivity index (χ2n) is 19.3. The Morgan fingerprint density at radius 2 is 1.59 bits per heavy atom. The molecular weight excluding hydrogens is 819 g/mol. The van der Waals surface area contributed by atoms with E-state index in [1.807, 2.05) is 64.2 Å². The summed E-state index contributed by atoms with van der Waals surface area (Å²) < 4.78 is 22.9. The number of amides is 1. The molecule has 2 heterocycles. The van der Waals surface area contributed by atoms with E-state index in [0.717, 1.165) is 48.2 Å². The number of carbonyl (C=O) groups excluding carboxylic acids is 4. The summed E-state index contributed by atoms with van der Waals surface area (Å²) in [6.07, 6.45) is 18.5. The normalized spacial score (nSPS) is 29.0. The van der Waals surface area contributed by atoms with Gasteiger partial charge in [0.15, 0.2) is 5.78 Å². The molecule has 0 radical (unpaired) electrons. The molecule has 3 aliphatic rings. The SMILES string of the molecule is CO[C@@H](C[C@@H]1CC[C@@H](C)[C@](O)(C(=O)C(=O)N2CCCC[C@H]2C(=O)O)O1)/C(C)=C/C=C/C=C/[C@@H](C)C[C@@H](C)C(=O)[C@@H](C/C(C)=C/[C@@H](C)C(=O)CC[C@H](C)CC1CC[C@@H](O)[C@H](OC)C1)OC. The number of allylic oxidation sites excluding steroid dienone is 6. The molecule has 13 nitrogen and oxygen atoms in total. The molecule has 362 valence electrons. The van der Waals surface area contributed by atoms with Gasteiger partial charge in [0.25, 0.3) is 11.7 Å². The van der Waals surface area contributed by atoms with Crippen LogP contribution in [0.2, 0.25) is 0 Å². The van der Waals surface area contributed by atoms with Gasteiger partial charge in [-0.05, 0) is 108 Å². The molecule has 3 rings (SSSR count). The highest BCUT2D eigenvalue weighted by molar-refractivity contribution is 6.39. The van der Waals surface area contributed by atoms with Gasteiger partial charge >= 0.3 is 5.97 Å². The van der Waals surface area contributed by atoms with Gasteiger partial charge in [0, 0.05) is 64.9 Å². The van der Waals surface area contributed by atoms with E-state index in [1.165, 1.54) is 0 Å². The Hall–Kier alpha value is -3.33. The first-order valence-electron chi connectivity index (χ1n) is 23.8. The zero-order valence-electron chi connectivity index (χ0n) is 40.5. The quantitative estimate of drug-likeness (QED) is 0.0460. The van der Waals surface area contributed by atoms with Crippen molar-refractivity contribution in [1.29, 1.82) is 0 Å². The molecule has 13 heteroatoms. The largest absolute Gasteiger partial charge is 0.480 e. The summed E-state index contributed by atoms with van der Waals surface area (Å²) in [5.74, 6) is -5.56. The van der Waals surface area contributed by atoms with Crippen molar-refractivity contribution in [2.24, 2.45) is 35.5 Å². The Balaban J connectivity index is 1.46. The fourth-order valence-electron chi connectivity index (χ4n) is 9.77. The van der Waals surface area contributed by atoms with Crippen LogP contribution in [0.5, 0.6) is 0 Å². The number of likely N-dealkylation sites (tertiary alicyclic amines) is 1. The van der Waals surface area contributed by atoms with Gasteiger partial charge in [0.05, 0.1) is 24.4 Å². The zero-order chi connectivity index (χ0) is 47.7. The van der Waals surface area contributed by atoms with Crippen molar-refractivity contribution in [2.75, 3.05) is 27.9 Å². The lowest BCUT2D eigenvalue weighted by Crippen LogP contribution is -2.60. The van der Waals surface area contributed by atoms with Crippen molar-refractivity contribution in [2.45, 2.75) is 181 Å². The van der Waals surface area contributed by atoms with E-state index in [-0.39, 0.29) is 54.5 Å². The molecule has 0 spiro atoms. The lowest BCUT2D eigenvalue weighted by Gasteiger charge is -2.42. The number of ether oxygens (including phenoxy) is 4. The number of aliphatic hydroxyl groups is 2. The molecule has 2 saturated heterocycles. The second-order valence-corrected chi connectivity index (χ2v) is 19.3. The summed E-state index contributed by atoms with van der Waals surface area (Å²) in [6, 6.07) is -1.11. The fraction of sp³-hybridized carbons (Fsp3) is 0.745. The fourth-order valence-corrected chi connectivity index (χ4v) is 9.77. The number of carboxylic acids is 1. The Morgan fingerprint density at radius 3 is 2.25 bits per heavy atom. The van der Waals surface area contributed by atoms with Gasteiger partial charge in [0.1, 0.15) is 17.9 Å². The van der Waals surface area contributed by atoms with Gasteiger partial charge in [-0.25, -0.2) is 4.79 Å². The lowest BCUT2D eigenvalue weighted by molar-refractivity contribution is -0.265. The third kappa shape index (κ3) is 16.2. The molecule has 0 aromatic rings. The highest BCUT2D eigenvalue weighted by Gasteiger charge is 2.52. The number of ketones is 3. The lowest BCUT2D eigenvalue weighted by atomic mass is 9.79. The Morgan fingerprint density at radius 1 is 0.891 bits per heavy atom. The van der Waals surface area contributed by atoms with Crippen LogP contribution >= 0.6 is 0 Å². The number of nitrogens with zero attached hydrogens (tertiary/aromatic N) is 1. The molecule has 2 aliphatic heterocycles. The molecule has 0 aromatic heterocycles. The Bertz CT molecular complexity index is 1670. The number of aliphatic carboxylic acids is 1. The van der Waals surface area contributed by atoms with Crippen molar-refractivity contribution in [3.8, 4) is 0 Å². The number of piperidine rings is 1. The molecule has 64 heavy (non-hydrogen) atoms. The maximum absolute atomic E-state index is 13.5. The van der Waals surface area contributed by atoms with Crippen LogP contribution in [0.4, 0.5) is 0 Å². The first-order chi connectivity index (χ1) is 30.2. The summed E-state index contributed by atoms with van der Waals surface area (Å²) in [5.41, 5.74) is 1.85. The van der Waals surface area contributed by atoms with Gasteiger partial charge in [0.2, 0.25) is 5.79 Å². The van der Waals surface area contributed by atoms with Crippen LogP contribution in [-0.2, 0) is 42.9 Å². The molecule has 1 aliphatic carbocycles. The first kappa shape index (κ1) is 55.0. The summed E-state index contributed by atoms with van der Waals surface area (Å²) in [5, 5.41) is 31.2. The van der Waals surface area contributed by atoms with E-state index in [2.05, 4.69) is 13.8 Å². The summed E-state index contributed by atoms with van der Waals surface area (Å²) in [7, 11) is 4.79. The molecule has 3 N–H and O–H groups in total. The van der Waals surface area contributed by atoms with E-state index in [0.29, 0.717) is 63.2 Å². The zero-order valence-corrected chi connectivity index (χ0v) is 40.5. The standard InChI is InChI=1S/C51H81NO12/c1-32(26-37(6)47(55)46(63-10)29-34(3)27-36(5)42(53)23-19-33(2)28-39-21-24-43(54)45(30-39)62-9)16-12-11-13-17-35(4)44(61-8)31-40-22-20-38(7)51(60,64-40)48(56)49(57)52-25-15-14-18-41(52)50(58)59/h11-13,16-17,27,32-33,36-41,43-46,54,60H,14-15,18-26,28-31H2,1-10H3,(H,58,59)/b13-11+,16-12+,34-27+,35-17+/t32-,33+,36-,37-,38-,39?,40+,41+,43-,44+,45-,46-,51-/m1/s1. The molecule has 1 amide bonds. The number of rotatable bonds is 25. The average molecular weight is 900 g/mol. The number of carboxylic acid groups (broad SMARTS) is 1. The molecule has 0 aromatic carbocycles. The minimum absolute atomic E-state index is 0.0357. The Labute approximate surface area is 383 Å². The van der Waals surface area contributed by atoms with Crippen molar-refractivity contribution in [3.05, 3.63) is 47.6 Å². The first-order valence-corrected chi connectivity index (χ1v) is 23.8. The van der Waals surface area contributed by atoms with Crippen molar-refractivity contribution in [1.82, 2.24) is 4.90 Å². The molecular formula is C51H81NO12. The number of aliphatic hydroxyl groups excluding tert-OH is 1. The minimum Gasteiger partial charge on any atom is -0.480 e. The van der Waals surface area contributed by atoms with Gasteiger partial charge in [-0.2, -0.15) is 0 Å². The predicted octanol–water partition coefficient (Wildman–Crippen LogP) is 7.76. The van der Waals surface area contributed by atoms with Crippen LogP contribution in [-0.4, -0.2) is 120 Å². The number of methoxy groups -OCH3 is 3. The molecule has 3 fully saturated rings. The van der Waals surface area contributed by atoms with E-state index < -0.39 is 53.7 Å². The molecule has 0 bridgehead atoms. The maximum Gasteiger partial charge on any atom is 0.326 e. The van der Waals surface area contributed by atoms with E-state index >= 15 is 0 Å². The summed E-state index contributed by atoms with van der Waals surface area (Å²) in [6.45, 7) is 13.8. The third-order valence-corrected chi connectivity index (χ3v) is 13.9. The number of hydrogen-bond acceptors (Lipinski definition) is 11. The van der Waals surface area contributed by atoms with Gasteiger partial charge < -0.3 is 39.2 Å². The van der Waals surface area contributed by atoms with E-state index in [9.17, 15) is 39.3 Å². The van der Waals surface area contributed by atoms with Crippen molar-refractivity contribution in [3.63, 3.8) is 0 Å². The monoisotopic (exact) mass is 900 g/mol. The van der Waals surface area contributed by atoms with Crippen LogP contribution < -0.4 is 0 Å². The second kappa shape index (κ2) is 26.7. The highest BCUT2D eigenvalue weighted by Crippen LogP contribution is 2.37. The van der Waals surface area contributed by atoms with Crippen LogP contribution in [0.25, 0.3) is 0 Å². The van der Waals surface area contributed by atoms with Crippen LogP contribution in [0, 0.1) is 35.5 Å². The van der Waals surface area contributed by atoms with Crippen molar-refractivity contribution >= 4 is 29.2 Å². The number of carbonyl (C=O) groups is 5. The molecule has 13 atom stereocenters. The molecule has 1 unspecified atom stereocenters. The highest BCUT2D eigenvalue weighted by atomic mass is 16.6. The van der Waals surface area contributed by atoms with Gasteiger partial charge in [-0.1, -0.05) is 76.6 Å². The predicted molar refractivity (Wildman–Crippen MR) is 246 cm³/mol. The number of hydrogen-bond donors (Lipinski definition) is 3. The van der Waals surface area contributed by atoms with E-state index in [1.54, 1.807) is 28.3 Å². The van der Waals surface area contributed by atoms with Crippen LogP contribution in [0.3, 0.4) is 0 Å². The molecule has 1 saturated carbocycles. The Kier molecular flexibility index (Phi) is 23.0. The smallest absolute Gasteiger partial charge is 0.326 e. The topological polar surface area (TPSA) is 186 Å². The van der Waals surface area contributed by atoms with Crippen LogP contribution in [0.15, 0.2) is 47.6 Å². The van der Waals surface area contributed by atoms with Crippen molar-refractivity contribution < 1.29 is 58.2 Å². The summed E-state index contributed by atoms with van der Waals surface area (Å²) >= 11 is 0.